The Morgan fingerprint density at radius 1 is 1.20 bits per heavy atom. The maximum Gasteiger partial charge on any atom is 0.326 e. The van der Waals surface area contributed by atoms with Gasteiger partial charge in [-0.15, -0.1) is 0 Å². The number of H-pyrrole nitrogens is 1. The molecule has 14 nitrogen and oxygen atoms in total. The molecule has 35 heavy (non-hydrogen) atoms. The largest absolute Gasteiger partial charge is 0.480 e. The Kier molecular flexibility index (Phi) is 10.6. The predicted molar refractivity (Wildman–Crippen MR) is 123 cm³/mol. The minimum absolute atomic E-state index is 0.0280. The van der Waals surface area contributed by atoms with Crippen LogP contribution in [0.1, 0.15) is 44.2 Å². The Labute approximate surface area is 202 Å². The van der Waals surface area contributed by atoms with Gasteiger partial charge in [0.1, 0.15) is 18.1 Å². The van der Waals surface area contributed by atoms with Gasteiger partial charge in [0.15, 0.2) is 0 Å². The molecule has 14 heteroatoms. The van der Waals surface area contributed by atoms with Gasteiger partial charge < -0.3 is 42.8 Å². The first-order valence-corrected chi connectivity index (χ1v) is 11.5. The van der Waals surface area contributed by atoms with Gasteiger partial charge in [-0.3, -0.25) is 19.2 Å². The summed E-state index contributed by atoms with van der Waals surface area (Å²) >= 11 is 0. The zero-order chi connectivity index (χ0) is 26.0. The van der Waals surface area contributed by atoms with Crippen molar-refractivity contribution in [2.45, 2.75) is 69.1 Å². The molecule has 0 spiro atoms. The quantitative estimate of drug-likeness (QED) is 0.133. The van der Waals surface area contributed by atoms with Crippen molar-refractivity contribution in [2.75, 3.05) is 13.1 Å². The molecule has 0 aliphatic carbocycles. The van der Waals surface area contributed by atoms with E-state index in [4.69, 9.17) is 17.2 Å². The molecule has 0 saturated carbocycles. The maximum atomic E-state index is 13.1. The molecule has 0 radical (unpaired) electrons. The lowest BCUT2D eigenvalue weighted by Crippen LogP contribution is -2.57. The summed E-state index contributed by atoms with van der Waals surface area (Å²) < 4.78 is 0. The molecule has 194 valence electrons. The molecular formula is C21H34N8O6. The third-order valence-electron chi connectivity index (χ3n) is 5.76. The number of unbranched alkanes of at least 4 members (excludes halogenated alkanes) is 1. The average molecular weight is 495 g/mol. The standard InChI is InChI=1S/C21H34N8O6/c22-6-2-1-4-13(23)20(33)29-7-3-5-16(29)19(32)27-14(8-12-10-25-11-26-12)18(31)28-15(21(34)35)9-17(24)30/h10-11,13-16H,1-9,22-23H2,(H2,24,30)(H,25,26)(H,27,32)(H,28,31)(H,34,35). The second-order valence-electron chi connectivity index (χ2n) is 8.49. The van der Waals surface area contributed by atoms with Gasteiger partial charge in [-0.1, -0.05) is 6.42 Å². The highest BCUT2D eigenvalue weighted by Crippen LogP contribution is 2.20. The number of imidazole rings is 1. The van der Waals surface area contributed by atoms with Crippen molar-refractivity contribution in [3.05, 3.63) is 18.2 Å². The summed E-state index contributed by atoms with van der Waals surface area (Å²) in [5.74, 6) is -4.08. The molecule has 1 aliphatic rings. The first-order chi connectivity index (χ1) is 16.6. The monoisotopic (exact) mass is 494 g/mol. The summed E-state index contributed by atoms with van der Waals surface area (Å²) in [7, 11) is 0. The molecule has 1 saturated heterocycles. The number of likely N-dealkylation sites (tertiary alicyclic amines) is 1. The minimum atomic E-state index is -1.56. The first-order valence-electron chi connectivity index (χ1n) is 11.5. The number of carboxylic acid groups (broad SMARTS) is 1. The van der Waals surface area contributed by atoms with Crippen LogP contribution in [0.3, 0.4) is 0 Å². The Balaban J connectivity index is 2.12. The number of carboxylic acids is 1. The molecule has 1 aliphatic heterocycles. The molecule has 1 aromatic heterocycles. The van der Waals surface area contributed by atoms with Crippen LogP contribution in [-0.4, -0.2) is 86.8 Å². The number of aliphatic carboxylic acids is 1. The highest BCUT2D eigenvalue weighted by Gasteiger charge is 2.38. The number of nitrogens with two attached hydrogens (primary N) is 3. The van der Waals surface area contributed by atoms with Crippen LogP contribution in [0.5, 0.6) is 0 Å². The summed E-state index contributed by atoms with van der Waals surface area (Å²) in [6.45, 7) is 0.857. The van der Waals surface area contributed by atoms with Crippen molar-refractivity contribution in [3.63, 3.8) is 0 Å². The maximum absolute atomic E-state index is 13.1. The normalized spacial score (nSPS) is 17.9. The van der Waals surface area contributed by atoms with Crippen LogP contribution in [0.2, 0.25) is 0 Å². The SMILES string of the molecule is NCCCCC(N)C(=O)N1CCCC1C(=O)NC(Cc1cnc[nH]1)C(=O)NC(CC(N)=O)C(=O)O. The molecule has 10 N–H and O–H groups in total. The number of primary amides is 1. The van der Waals surface area contributed by atoms with E-state index < -0.39 is 54.3 Å². The third-order valence-corrected chi connectivity index (χ3v) is 5.76. The van der Waals surface area contributed by atoms with E-state index in [1.165, 1.54) is 17.4 Å². The van der Waals surface area contributed by atoms with Crippen molar-refractivity contribution in [1.82, 2.24) is 25.5 Å². The fourth-order valence-corrected chi connectivity index (χ4v) is 3.92. The van der Waals surface area contributed by atoms with Crippen molar-refractivity contribution in [1.29, 1.82) is 0 Å². The summed E-state index contributed by atoms with van der Waals surface area (Å²) in [6, 6.07) is -4.34. The number of hydrogen-bond donors (Lipinski definition) is 7. The van der Waals surface area contributed by atoms with Crippen molar-refractivity contribution in [2.24, 2.45) is 17.2 Å². The molecule has 0 bridgehead atoms. The van der Waals surface area contributed by atoms with Crippen LogP contribution >= 0.6 is 0 Å². The molecule has 4 atom stereocenters. The Morgan fingerprint density at radius 3 is 2.54 bits per heavy atom. The molecule has 4 amide bonds. The van der Waals surface area contributed by atoms with Crippen LogP contribution in [0.25, 0.3) is 0 Å². The molecule has 4 unspecified atom stereocenters. The number of hydrogen-bond acceptors (Lipinski definition) is 8. The third kappa shape index (κ3) is 8.33. The fraction of sp³-hybridized carbons (Fsp3) is 0.619. The topological polar surface area (TPSA) is 240 Å². The van der Waals surface area contributed by atoms with Crippen LogP contribution in [0, 0.1) is 0 Å². The summed E-state index contributed by atoms with van der Waals surface area (Å²) in [5.41, 5.74) is 17.1. The fourth-order valence-electron chi connectivity index (χ4n) is 3.92. The van der Waals surface area contributed by atoms with E-state index in [0.29, 0.717) is 44.5 Å². The number of nitrogens with one attached hydrogen (secondary N) is 3. The Morgan fingerprint density at radius 2 is 1.94 bits per heavy atom. The van der Waals surface area contributed by atoms with Gasteiger partial charge >= 0.3 is 5.97 Å². The minimum Gasteiger partial charge on any atom is -0.480 e. The highest BCUT2D eigenvalue weighted by molar-refractivity contribution is 5.95. The van der Waals surface area contributed by atoms with Crippen molar-refractivity contribution in [3.8, 4) is 0 Å². The van der Waals surface area contributed by atoms with Gasteiger partial charge in [0.2, 0.25) is 23.6 Å². The lowest BCUT2D eigenvalue weighted by Gasteiger charge is -2.28. The zero-order valence-corrected chi connectivity index (χ0v) is 19.4. The van der Waals surface area contributed by atoms with Crippen molar-refractivity contribution < 1.29 is 29.1 Å². The number of aromatic amines is 1. The van der Waals surface area contributed by atoms with Gasteiger partial charge in [0.25, 0.3) is 0 Å². The molecule has 1 fully saturated rings. The number of carbonyl (C=O) groups excluding carboxylic acids is 4. The molecule has 2 rings (SSSR count). The lowest BCUT2D eigenvalue weighted by molar-refractivity contribution is -0.144. The summed E-state index contributed by atoms with van der Waals surface area (Å²) in [4.78, 5) is 69.6. The van der Waals surface area contributed by atoms with Gasteiger partial charge in [-0.2, -0.15) is 0 Å². The van der Waals surface area contributed by atoms with Gasteiger partial charge in [0, 0.05) is 24.9 Å². The molecule has 2 heterocycles. The second-order valence-corrected chi connectivity index (χ2v) is 8.49. The lowest BCUT2D eigenvalue weighted by atomic mass is 10.1. The predicted octanol–water partition coefficient (Wildman–Crippen LogP) is -2.67. The van der Waals surface area contributed by atoms with E-state index in [2.05, 4.69) is 20.6 Å². The summed E-state index contributed by atoms with van der Waals surface area (Å²) in [5, 5.41) is 14.1. The number of nitrogens with zero attached hydrogens (tertiary/aromatic N) is 2. The molecule has 0 aromatic carbocycles. The van der Waals surface area contributed by atoms with Gasteiger partial charge in [-0.05, 0) is 32.2 Å². The van der Waals surface area contributed by atoms with Gasteiger partial charge in [-0.25, -0.2) is 9.78 Å². The van der Waals surface area contributed by atoms with E-state index in [-0.39, 0.29) is 12.3 Å². The van der Waals surface area contributed by atoms with Crippen LogP contribution < -0.4 is 27.8 Å². The average Bonchev–Trinajstić information content (AvgIpc) is 3.49. The van der Waals surface area contributed by atoms with Crippen molar-refractivity contribution >= 4 is 29.6 Å². The summed E-state index contributed by atoms with van der Waals surface area (Å²) in [6.07, 6.45) is 5.07. The highest BCUT2D eigenvalue weighted by atomic mass is 16.4. The Hall–Kier alpha value is -3.52. The van der Waals surface area contributed by atoms with E-state index >= 15 is 0 Å². The number of rotatable bonds is 14. The van der Waals surface area contributed by atoms with E-state index in [0.717, 1.165) is 6.42 Å². The number of amides is 4. The zero-order valence-electron chi connectivity index (χ0n) is 19.4. The van der Waals surface area contributed by atoms with Crippen LogP contribution in [0.15, 0.2) is 12.5 Å². The number of carbonyl (C=O) groups is 5. The van der Waals surface area contributed by atoms with Crippen LogP contribution in [0.4, 0.5) is 0 Å². The first kappa shape index (κ1) is 27.7. The van der Waals surface area contributed by atoms with Gasteiger partial charge in [0.05, 0.1) is 18.8 Å². The molecular weight excluding hydrogens is 460 g/mol. The van der Waals surface area contributed by atoms with E-state index in [1.54, 1.807) is 0 Å². The van der Waals surface area contributed by atoms with Crippen LogP contribution in [-0.2, 0) is 30.4 Å². The van der Waals surface area contributed by atoms with E-state index in [9.17, 15) is 29.1 Å². The Bertz CT molecular complexity index is 892. The second kappa shape index (κ2) is 13.4. The smallest absolute Gasteiger partial charge is 0.326 e. The number of aromatic nitrogens is 2. The molecule has 1 aromatic rings. The van der Waals surface area contributed by atoms with E-state index in [1.807, 2.05) is 0 Å².